The molecule has 0 bridgehead atoms. The van der Waals surface area contributed by atoms with Gasteiger partial charge in [0.15, 0.2) is 0 Å². The number of rotatable bonds is 62. The van der Waals surface area contributed by atoms with Crippen molar-refractivity contribution in [1.29, 1.82) is 0 Å². The summed E-state index contributed by atoms with van der Waals surface area (Å²) in [6, 6.07) is -0.811. The molecule has 0 aliphatic rings. The van der Waals surface area contributed by atoms with Crippen LogP contribution in [0.2, 0.25) is 0 Å². The first-order chi connectivity index (χ1) is 36.5. The number of carbonyl (C=O) groups excluding carboxylic acids is 2. The van der Waals surface area contributed by atoms with E-state index in [2.05, 4.69) is 43.5 Å². The zero-order valence-electron chi connectivity index (χ0n) is 49.7. The fourth-order valence-corrected chi connectivity index (χ4v) is 10.5. The molecule has 3 atom stereocenters. The van der Waals surface area contributed by atoms with E-state index < -0.39 is 18.2 Å². The molecule has 0 saturated heterocycles. The molecular weight excluding hydrogens is 915 g/mol. The number of aliphatic hydroxyl groups is 3. The van der Waals surface area contributed by atoms with Gasteiger partial charge in [0.25, 0.3) is 0 Å². The van der Waals surface area contributed by atoms with Gasteiger partial charge in [0, 0.05) is 12.8 Å². The van der Waals surface area contributed by atoms with Crippen LogP contribution in [-0.2, 0) is 14.3 Å². The minimum Gasteiger partial charge on any atom is -0.466 e. The predicted octanol–water partition coefficient (Wildman–Crippen LogP) is 19.9. The van der Waals surface area contributed by atoms with Crippen LogP contribution in [0.15, 0.2) is 24.3 Å². The lowest BCUT2D eigenvalue weighted by Crippen LogP contribution is -2.50. The van der Waals surface area contributed by atoms with Crippen LogP contribution >= 0.6 is 0 Å². The summed E-state index contributed by atoms with van der Waals surface area (Å²) in [6.07, 6.45) is 73.8. The summed E-state index contributed by atoms with van der Waals surface area (Å²) in [4.78, 5) is 24.6. The van der Waals surface area contributed by atoms with Crippen LogP contribution in [0.5, 0.6) is 0 Å². The van der Waals surface area contributed by atoms with Gasteiger partial charge in [-0.05, 0) is 57.8 Å². The summed E-state index contributed by atoms with van der Waals surface area (Å²) >= 11 is 0. The van der Waals surface area contributed by atoms with Crippen LogP contribution in [0, 0.1) is 0 Å². The summed E-state index contributed by atoms with van der Waals surface area (Å²) in [7, 11) is 0. The zero-order chi connectivity index (χ0) is 53.7. The third kappa shape index (κ3) is 56.5. The minimum absolute atomic E-state index is 0.00228. The third-order valence-corrected chi connectivity index (χ3v) is 15.6. The van der Waals surface area contributed by atoms with Crippen molar-refractivity contribution in [2.45, 2.75) is 379 Å². The van der Waals surface area contributed by atoms with Crippen molar-refractivity contribution in [1.82, 2.24) is 5.32 Å². The van der Waals surface area contributed by atoms with Crippen LogP contribution in [0.4, 0.5) is 0 Å². The zero-order valence-corrected chi connectivity index (χ0v) is 49.7. The Kier molecular flexibility index (Phi) is 60.7. The number of esters is 1. The van der Waals surface area contributed by atoms with Crippen LogP contribution in [-0.4, -0.2) is 58.7 Å². The SMILES string of the molecule is CCCCC/C=C\C/C=C\CCCCCCCC(=O)OCCCCCCCCCCCCCCCCCCCCCCCCCCCCCCC(=O)N[C@@H](CO)[C@H](O)[C@H](O)CCCCCCCCCCCCCC. The van der Waals surface area contributed by atoms with Gasteiger partial charge >= 0.3 is 5.97 Å². The van der Waals surface area contributed by atoms with Gasteiger partial charge in [-0.3, -0.25) is 9.59 Å². The lowest BCUT2D eigenvalue weighted by atomic mass is 9.99. The lowest BCUT2D eigenvalue weighted by molar-refractivity contribution is -0.143. The van der Waals surface area contributed by atoms with E-state index in [1.807, 2.05) is 0 Å². The Morgan fingerprint density at radius 3 is 1.09 bits per heavy atom. The molecule has 0 aliphatic heterocycles. The highest BCUT2D eigenvalue weighted by Crippen LogP contribution is 2.19. The number of carbonyl (C=O) groups is 2. The summed E-state index contributed by atoms with van der Waals surface area (Å²) in [6.45, 7) is 4.75. The number of amides is 1. The van der Waals surface area contributed by atoms with Gasteiger partial charge < -0.3 is 25.4 Å². The Morgan fingerprint density at radius 2 is 0.703 bits per heavy atom. The molecule has 7 nitrogen and oxygen atoms in total. The van der Waals surface area contributed by atoms with Gasteiger partial charge in [-0.1, -0.05) is 314 Å². The second-order valence-corrected chi connectivity index (χ2v) is 22.9. The van der Waals surface area contributed by atoms with E-state index in [0.717, 1.165) is 64.2 Å². The molecule has 0 radical (unpaired) electrons. The van der Waals surface area contributed by atoms with Crippen molar-refractivity contribution in [3.05, 3.63) is 24.3 Å². The molecule has 0 unspecified atom stereocenters. The minimum atomic E-state index is -1.14. The Bertz CT molecular complexity index is 1170. The van der Waals surface area contributed by atoms with E-state index >= 15 is 0 Å². The predicted molar refractivity (Wildman–Crippen MR) is 321 cm³/mol. The number of nitrogens with one attached hydrogen (secondary N) is 1. The first-order valence-electron chi connectivity index (χ1n) is 33.2. The quantitative estimate of drug-likeness (QED) is 0.0274. The maximum atomic E-state index is 12.5. The molecule has 0 fully saturated rings. The van der Waals surface area contributed by atoms with Crippen LogP contribution in [0.3, 0.4) is 0 Å². The molecule has 0 aromatic heterocycles. The standard InChI is InChI=1S/C67H129NO6/c1-3-5-7-9-11-13-15-17-32-36-40-44-48-52-56-60-66(72)74-61-57-53-49-45-41-37-34-31-29-27-25-23-21-19-18-20-22-24-26-28-30-33-35-39-43-47-51-55-59-65(71)68-63(62-69)67(73)64(70)58-54-50-46-42-38-16-14-12-10-8-6-4-2/h11,13,17,32,63-64,67,69-70,73H,3-10,12,14-16,18-31,33-62H2,1-2H3,(H,68,71)/b13-11-,32-17-/t63-,64+,67-/m0/s1. The summed E-state index contributed by atoms with van der Waals surface area (Å²) < 4.78 is 5.48. The van der Waals surface area contributed by atoms with Crippen LogP contribution in [0.25, 0.3) is 0 Å². The van der Waals surface area contributed by atoms with Gasteiger partial charge in [-0.15, -0.1) is 0 Å². The molecular formula is C67H129NO6. The van der Waals surface area contributed by atoms with E-state index in [-0.39, 0.29) is 18.5 Å². The average molecular weight is 1040 g/mol. The van der Waals surface area contributed by atoms with Crippen molar-refractivity contribution >= 4 is 11.9 Å². The van der Waals surface area contributed by atoms with Crippen molar-refractivity contribution < 1.29 is 29.6 Å². The van der Waals surface area contributed by atoms with Crippen molar-refractivity contribution in [2.24, 2.45) is 0 Å². The highest BCUT2D eigenvalue weighted by Gasteiger charge is 2.27. The van der Waals surface area contributed by atoms with Gasteiger partial charge in [-0.25, -0.2) is 0 Å². The molecule has 1 amide bonds. The number of hydrogen-bond donors (Lipinski definition) is 4. The largest absolute Gasteiger partial charge is 0.466 e. The van der Waals surface area contributed by atoms with Gasteiger partial charge in [0.2, 0.25) is 5.91 Å². The van der Waals surface area contributed by atoms with Crippen LogP contribution < -0.4 is 5.32 Å². The molecule has 7 heteroatoms. The highest BCUT2D eigenvalue weighted by atomic mass is 16.5. The number of hydrogen-bond acceptors (Lipinski definition) is 6. The molecule has 0 rings (SSSR count). The Balaban J connectivity index is 3.38. The van der Waals surface area contributed by atoms with E-state index in [0.29, 0.717) is 25.9 Å². The van der Waals surface area contributed by atoms with E-state index in [9.17, 15) is 24.9 Å². The van der Waals surface area contributed by atoms with Crippen molar-refractivity contribution in [2.75, 3.05) is 13.2 Å². The van der Waals surface area contributed by atoms with E-state index in [4.69, 9.17) is 4.74 Å². The van der Waals surface area contributed by atoms with Crippen molar-refractivity contribution in [3.8, 4) is 0 Å². The van der Waals surface area contributed by atoms with Crippen molar-refractivity contribution in [3.63, 3.8) is 0 Å². The lowest BCUT2D eigenvalue weighted by Gasteiger charge is -2.26. The molecule has 4 N–H and O–H groups in total. The Labute approximate surface area is 461 Å². The molecule has 74 heavy (non-hydrogen) atoms. The molecule has 438 valence electrons. The Morgan fingerprint density at radius 1 is 0.392 bits per heavy atom. The van der Waals surface area contributed by atoms with E-state index in [1.165, 1.54) is 263 Å². The second-order valence-electron chi connectivity index (χ2n) is 22.9. The van der Waals surface area contributed by atoms with Crippen LogP contribution in [0.1, 0.15) is 361 Å². The topological polar surface area (TPSA) is 116 Å². The number of unbranched alkanes of at least 4 members (excludes halogenated alkanes) is 46. The maximum Gasteiger partial charge on any atom is 0.305 e. The normalized spacial score (nSPS) is 13.1. The number of ether oxygens (including phenoxy) is 1. The third-order valence-electron chi connectivity index (χ3n) is 15.6. The highest BCUT2D eigenvalue weighted by molar-refractivity contribution is 5.76. The fourth-order valence-electron chi connectivity index (χ4n) is 10.5. The summed E-state index contributed by atoms with van der Waals surface area (Å²) in [5.74, 6) is -0.142. The molecule has 0 aliphatic carbocycles. The smallest absolute Gasteiger partial charge is 0.305 e. The number of aliphatic hydroxyl groups excluding tert-OH is 3. The molecule has 0 heterocycles. The second kappa shape index (κ2) is 62.1. The van der Waals surface area contributed by atoms with Gasteiger partial charge in [0.1, 0.15) is 6.10 Å². The summed E-state index contributed by atoms with van der Waals surface area (Å²) in [5.41, 5.74) is 0. The monoisotopic (exact) mass is 1040 g/mol. The molecule has 0 saturated carbocycles. The van der Waals surface area contributed by atoms with Gasteiger partial charge in [0.05, 0.1) is 25.4 Å². The average Bonchev–Trinajstić information content (AvgIpc) is 3.40. The number of allylic oxidation sites excluding steroid dienone is 4. The molecule has 0 spiro atoms. The molecule has 0 aromatic carbocycles. The summed E-state index contributed by atoms with van der Waals surface area (Å²) in [5, 5.41) is 33.7. The first-order valence-corrected chi connectivity index (χ1v) is 33.2. The maximum absolute atomic E-state index is 12.5. The van der Waals surface area contributed by atoms with E-state index in [1.54, 1.807) is 0 Å². The molecule has 0 aromatic rings. The first kappa shape index (κ1) is 72.3. The fraction of sp³-hybridized carbons (Fsp3) is 0.910. The Hall–Kier alpha value is -1.70. The van der Waals surface area contributed by atoms with Gasteiger partial charge in [-0.2, -0.15) is 0 Å².